The molecule has 0 unspecified atom stereocenters. The van der Waals surface area contributed by atoms with E-state index in [1.807, 2.05) is 22.9 Å². The Kier molecular flexibility index (Phi) is 5.79. The summed E-state index contributed by atoms with van der Waals surface area (Å²) in [5.41, 5.74) is 2.49. The molecule has 3 heterocycles. The molecule has 1 aromatic heterocycles. The van der Waals surface area contributed by atoms with E-state index in [9.17, 15) is 0 Å². The second-order valence-electron chi connectivity index (χ2n) is 8.28. The van der Waals surface area contributed by atoms with Gasteiger partial charge in [-0.2, -0.15) is 0 Å². The van der Waals surface area contributed by atoms with Gasteiger partial charge in [-0.05, 0) is 59.5 Å². The maximum atomic E-state index is 6.18. The Morgan fingerprint density at radius 2 is 1.83 bits per heavy atom. The summed E-state index contributed by atoms with van der Waals surface area (Å²) in [6, 6.07) is 19.3. The summed E-state index contributed by atoms with van der Waals surface area (Å²) < 4.78 is 1.98. The molecule has 2 aliphatic heterocycles. The smallest absolute Gasteiger partial charge is 0.173 e. The molecular weight excluding hydrogens is 396 g/mol. The molecule has 2 aromatic carbocycles. The fraction of sp³-hybridized carbons (Fsp3) is 0.435. The van der Waals surface area contributed by atoms with Crippen LogP contribution in [0.3, 0.4) is 0 Å². The number of benzene rings is 2. The quantitative estimate of drug-likeness (QED) is 0.609. The van der Waals surface area contributed by atoms with E-state index in [0.717, 1.165) is 43.4 Å². The van der Waals surface area contributed by atoms with Crippen LogP contribution in [0.5, 0.6) is 0 Å². The van der Waals surface area contributed by atoms with Crippen molar-refractivity contribution in [3.05, 3.63) is 76.6 Å². The number of aryl methyl sites for hydroxylation is 2. The maximum Gasteiger partial charge on any atom is 0.173 e. The van der Waals surface area contributed by atoms with Crippen molar-refractivity contribution in [2.45, 2.75) is 37.9 Å². The minimum atomic E-state index is 0.0378. The summed E-state index contributed by atoms with van der Waals surface area (Å²) in [6.07, 6.45) is 3.49. The number of fused-ring (bicyclic) bond motifs is 1. The van der Waals surface area contributed by atoms with Crippen molar-refractivity contribution in [1.82, 2.24) is 30.0 Å². The second-order valence-corrected chi connectivity index (χ2v) is 8.71. The van der Waals surface area contributed by atoms with Gasteiger partial charge in [0.2, 0.25) is 0 Å². The van der Waals surface area contributed by atoms with E-state index in [2.05, 4.69) is 61.7 Å². The fourth-order valence-corrected chi connectivity index (χ4v) is 4.99. The Morgan fingerprint density at radius 3 is 2.67 bits per heavy atom. The average Bonchev–Trinajstić information content (AvgIpc) is 3.44. The highest BCUT2D eigenvalue weighted by Gasteiger charge is 2.36. The lowest BCUT2D eigenvalue weighted by Crippen LogP contribution is -2.51. The van der Waals surface area contributed by atoms with Gasteiger partial charge in [0.15, 0.2) is 5.82 Å². The van der Waals surface area contributed by atoms with E-state index < -0.39 is 0 Å². The molecule has 5 rings (SSSR count). The number of rotatable bonds is 6. The summed E-state index contributed by atoms with van der Waals surface area (Å²) in [5, 5.41) is 13.7. The summed E-state index contributed by atoms with van der Waals surface area (Å²) >= 11 is 6.18. The lowest BCUT2D eigenvalue weighted by molar-refractivity contribution is 0.0792. The van der Waals surface area contributed by atoms with Crippen molar-refractivity contribution < 1.29 is 0 Å². The number of piperazine rings is 1. The van der Waals surface area contributed by atoms with Crippen molar-refractivity contribution in [3.8, 4) is 0 Å². The van der Waals surface area contributed by atoms with Crippen LogP contribution in [0.4, 0.5) is 0 Å². The van der Waals surface area contributed by atoms with Gasteiger partial charge in [-0.1, -0.05) is 54.1 Å². The van der Waals surface area contributed by atoms with E-state index >= 15 is 0 Å². The van der Waals surface area contributed by atoms with Gasteiger partial charge in [-0.15, -0.1) is 5.10 Å². The molecule has 0 saturated carbocycles. The minimum Gasteiger partial charge on any atom is -0.298 e. The van der Waals surface area contributed by atoms with Crippen LogP contribution in [0, 0.1) is 0 Å². The Balaban J connectivity index is 1.43. The van der Waals surface area contributed by atoms with Gasteiger partial charge in [0.25, 0.3) is 0 Å². The lowest BCUT2D eigenvalue weighted by Gasteiger charge is -2.41. The number of aromatic nitrogens is 4. The molecular formula is C23H27ClN6. The molecule has 0 amide bonds. The molecule has 2 fully saturated rings. The SMILES string of the molecule is Clc1ccc([C@H](c2nnnn2CCc2ccccc2)N2CCN3CCC[C@@H]3C2)cc1. The summed E-state index contributed by atoms with van der Waals surface area (Å²) in [5.74, 6) is 0.916. The highest BCUT2D eigenvalue weighted by atomic mass is 35.5. The maximum absolute atomic E-state index is 6.18. The molecule has 7 heteroatoms. The molecule has 0 aliphatic carbocycles. The van der Waals surface area contributed by atoms with Gasteiger partial charge in [-0.3, -0.25) is 9.80 Å². The third kappa shape index (κ3) is 4.13. The van der Waals surface area contributed by atoms with Crippen molar-refractivity contribution in [2.75, 3.05) is 26.2 Å². The first-order valence-corrected chi connectivity index (χ1v) is 11.2. The van der Waals surface area contributed by atoms with Crippen molar-refractivity contribution in [2.24, 2.45) is 0 Å². The van der Waals surface area contributed by atoms with Crippen LogP contribution in [0.15, 0.2) is 54.6 Å². The predicted molar refractivity (Wildman–Crippen MR) is 117 cm³/mol. The summed E-state index contributed by atoms with van der Waals surface area (Å²) in [4.78, 5) is 5.19. The van der Waals surface area contributed by atoms with Gasteiger partial charge in [-0.25, -0.2) is 4.68 Å². The monoisotopic (exact) mass is 422 g/mol. The minimum absolute atomic E-state index is 0.0378. The molecule has 2 atom stereocenters. The molecule has 3 aromatic rings. The Labute approximate surface area is 182 Å². The van der Waals surface area contributed by atoms with E-state index in [1.54, 1.807) is 0 Å². The van der Waals surface area contributed by atoms with Gasteiger partial charge in [0, 0.05) is 37.2 Å². The predicted octanol–water partition coefficient (Wildman–Crippen LogP) is 3.44. The fourth-order valence-electron chi connectivity index (χ4n) is 4.86. The molecule has 6 nitrogen and oxygen atoms in total. The van der Waals surface area contributed by atoms with Crippen LogP contribution >= 0.6 is 11.6 Å². The number of hydrogen-bond donors (Lipinski definition) is 0. The zero-order valence-electron chi connectivity index (χ0n) is 17.1. The third-order valence-electron chi connectivity index (χ3n) is 6.43. The number of nitrogens with zero attached hydrogens (tertiary/aromatic N) is 6. The van der Waals surface area contributed by atoms with E-state index in [0.29, 0.717) is 6.04 Å². The van der Waals surface area contributed by atoms with Gasteiger partial charge >= 0.3 is 0 Å². The summed E-state index contributed by atoms with van der Waals surface area (Å²) in [7, 11) is 0. The van der Waals surface area contributed by atoms with E-state index in [4.69, 9.17) is 11.6 Å². The van der Waals surface area contributed by atoms with Crippen LogP contribution < -0.4 is 0 Å². The third-order valence-corrected chi connectivity index (χ3v) is 6.68. The highest BCUT2D eigenvalue weighted by Crippen LogP contribution is 2.32. The average molecular weight is 423 g/mol. The molecule has 0 bridgehead atoms. The highest BCUT2D eigenvalue weighted by molar-refractivity contribution is 6.30. The second kappa shape index (κ2) is 8.84. The molecule has 0 N–H and O–H groups in total. The molecule has 156 valence electrons. The van der Waals surface area contributed by atoms with Crippen molar-refractivity contribution in [1.29, 1.82) is 0 Å². The first-order valence-electron chi connectivity index (χ1n) is 10.8. The number of tetrazole rings is 1. The largest absolute Gasteiger partial charge is 0.298 e. The van der Waals surface area contributed by atoms with Crippen LogP contribution in [0.2, 0.25) is 5.02 Å². The molecule has 0 radical (unpaired) electrons. The van der Waals surface area contributed by atoms with Crippen molar-refractivity contribution in [3.63, 3.8) is 0 Å². The molecule has 2 aliphatic rings. The van der Waals surface area contributed by atoms with Crippen LogP contribution in [-0.2, 0) is 13.0 Å². The van der Waals surface area contributed by atoms with Gasteiger partial charge in [0.05, 0.1) is 6.04 Å². The van der Waals surface area contributed by atoms with Crippen LogP contribution in [-0.4, -0.2) is 62.2 Å². The van der Waals surface area contributed by atoms with E-state index in [1.165, 1.54) is 30.5 Å². The number of halogens is 1. The molecule has 0 spiro atoms. The normalized spacial score (nSPS) is 20.9. The lowest BCUT2D eigenvalue weighted by atomic mass is 10.0. The van der Waals surface area contributed by atoms with Crippen LogP contribution in [0.25, 0.3) is 0 Å². The first-order chi connectivity index (χ1) is 14.8. The zero-order chi connectivity index (χ0) is 20.3. The standard InChI is InChI=1S/C23H27ClN6/c24-20-10-8-19(9-11-20)22(29-16-15-28-13-4-7-21(28)17-29)23-25-26-27-30(23)14-12-18-5-2-1-3-6-18/h1-3,5-6,8-11,21-22H,4,7,12-17H2/t21-,22-/m1/s1. The van der Waals surface area contributed by atoms with Gasteiger partial charge < -0.3 is 0 Å². The van der Waals surface area contributed by atoms with Crippen LogP contribution in [0.1, 0.15) is 35.8 Å². The Hall–Kier alpha value is -2.28. The van der Waals surface area contributed by atoms with Crippen molar-refractivity contribution >= 4 is 11.6 Å². The number of hydrogen-bond acceptors (Lipinski definition) is 5. The summed E-state index contributed by atoms with van der Waals surface area (Å²) in [6.45, 7) is 5.19. The molecule has 2 saturated heterocycles. The Morgan fingerprint density at radius 1 is 1.00 bits per heavy atom. The van der Waals surface area contributed by atoms with E-state index in [-0.39, 0.29) is 6.04 Å². The molecule has 30 heavy (non-hydrogen) atoms. The first kappa shape index (κ1) is 19.7. The van der Waals surface area contributed by atoms with Gasteiger partial charge in [0.1, 0.15) is 0 Å². The zero-order valence-corrected chi connectivity index (χ0v) is 17.8. The topological polar surface area (TPSA) is 50.1 Å². The Bertz CT molecular complexity index is 957.